The number of anilines is 1. The zero-order valence-electron chi connectivity index (χ0n) is 14.9. The van der Waals surface area contributed by atoms with Gasteiger partial charge < -0.3 is 9.84 Å². The van der Waals surface area contributed by atoms with E-state index in [-0.39, 0.29) is 17.6 Å². The van der Waals surface area contributed by atoms with Crippen LogP contribution in [0.4, 0.5) is 5.95 Å². The van der Waals surface area contributed by atoms with Gasteiger partial charge in [0.25, 0.3) is 11.9 Å². The number of rotatable bonds is 5. The summed E-state index contributed by atoms with van der Waals surface area (Å²) in [5, 5.41) is 26.4. The van der Waals surface area contributed by atoms with Crippen LogP contribution < -0.4 is 10.1 Å². The number of aromatic nitrogens is 4. The molecule has 28 heavy (non-hydrogen) atoms. The molecule has 1 amide bonds. The molecule has 0 aliphatic heterocycles. The number of nitrogens with one attached hydrogen (secondary N) is 2. The summed E-state index contributed by atoms with van der Waals surface area (Å²) >= 11 is 2.83. The lowest BCUT2D eigenvalue weighted by molar-refractivity contribution is 0.102. The van der Waals surface area contributed by atoms with E-state index in [0.717, 1.165) is 31.2 Å². The number of aromatic amines is 1. The first-order valence-corrected chi connectivity index (χ1v) is 9.81. The number of hydrogen-bond acceptors (Lipinski definition) is 8. The van der Waals surface area contributed by atoms with Crippen molar-refractivity contribution in [3.05, 3.63) is 46.8 Å². The molecule has 4 rings (SSSR count). The number of methoxy groups -OCH3 is 1. The van der Waals surface area contributed by atoms with Crippen LogP contribution in [0.2, 0.25) is 0 Å². The lowest BCUT2D eigenvalue weighted by Gasteiger charge is -2.07. The molecule has 0 unspecified atom stereocenters. The van der Waals surface area contributed by atoms with Crippen molar-refractivity contribution in [2.24, 2.45) is 0 Å². The molecule has 0 saturated carbocycles. The van der Waals surface area contributed by atoms with Crippen molar-refractivity contribution in [1.82, 2.24) is 20.6 Å². The number of phenolic OH excluding ortho intramolecular Hbond substituents is 1. The van der Waals surface area contributed by atoms with Gasteiger partial charge in [-0.1, -0.05) is 16.9 Å². The molecule has 0 atom stereocenters. The topological polar surface area (TPSA) is 113 Å². The number of tetrazole rings is 1. The van der Waals surface area contributed by atoms with E-state index in [1.165, 1.54) is 23.1 Å². The summed E-state index contributed by atoms with van der Waals surface area (Å²) in [5.74, 6) is 0.729. The highest BCUT2D eigenvalue weighted by molar-refractivity contribution is 7.99. The molecule has 8 nitrogen and oxygen atoms in total. The fraction of sp³-hybridized carbons (Fsp3) is 0.111. The van der Waals surface area contributed by atoms with Gasteiger partial charge in [0, 0.05) is 19.9 Å². The predicted octanol–water partition coefficient (Wildman–Crippen LogP) is 3.84. The number of fused-ring (bicyclic) bond motifs is 1. The molecule has 4 aromatic rings. The van der Waals surface area contributed by atoms with Crippen LogP contribution >= 0.6 is 23.1 Å². The highest BCUT2D eigenvalue weighted by Gasteiger charge is 2.22. The third kappa shape index (κ3) is 3.51. The highest BCUT2D eigenvalue weighted by Crippen LogP contribution is 2.44. The summed E-state index contributed by atoms with van der Waals surface area (Å²) < 4.78 is 6.43. The van der Waals surface area contributed by atoms with Crippen LogP contribution in [0.15, 0.2) is 46.2 Å². The van der Waals surface area contributed by atoms with E-state index >= 15 is 0 Å². The van der Waals surface area contributed by atoms with E-state index in [0.29, 0.717) is 4.88 Å². The Labute approximate surface area is 167 Å². The molecule has 142 valence electrons. The number of ether oxygens (including phenoxy) is 1. The SMILES string of the molecule is COc1cc2c(Sc3ccc(O)cc3)c(C(=O)Nc3nn[nH]n3)sc2cc1C. The Balaban J connectivity index is 1.82. The van der Waals surface area contributed by atoms with Crippen molar-refractivity contribution in [2.75, 3.05) is 12.4 Å². The maximum absolute atomic E-state index is 12.9. The molecule has 0 fully saturated rings. The minimum atomic E-state index is -0.319. The Bertz CT molecular complexity index is 1140. The van der Waals surface area contributed by atoms with Crippen LogP contribution in [0, 0.1) is 6.92 Å². The number of carbonyl (C=O) groups excluding carboxylic acids is 1. The monoisotopic (exact) mass is 413 g/mol. The fourth-order valence-corrected chi connectivity index (χ4v) is 5.04. The fourth-order valence-electron chi connectivity index (χ4n) is 2.68. The van der Waals surface area contributed by atoms with Crippen LogP contribution in [0.25, 0.3) is 10.1 Å². The van der Waals surface area contributed by atoms with Crippen LogP contribution in [0.3, 0.4) is 0 Å². The van der Waals surface area contributed by atoms with Crippen LogP contribution in [-0.4, -0.2) is 38.7 Å². The van der Waals surface area contributed by atoms with Crippen molar-refractivity contribution < 1.29 is 14.6 Å². The highest BCUT2D eigenvalue weighted by atomic mass is 32.2. The Morgan fingerprint density at radius 3 is 2.75 bits per heavy atom. The number of amides is 1. The number of phenols is 1. The Kier molecular flexibility index (Phi) is 4.88. The van der Waals surface area contributed by atoms with Crippen molar-refractivity contribution in [3.63, 3.8) is 0 Å². The van der Waals surface area contributed by atoms with Gasteiger partial charge in [-0.15, -0.1) is 16.4 Å². The summed E-state index contributed by atoms with van der Waals surface area (Å²) in [7, 11) is 1.62. The Morgan fingerprint density at radius 2 is 2.07 bits per heavy atom. The molecule has 2 heterocycles. The number of aromatic hydroxyl groups is 1. The smallest absolute Gasteiger partial charge is 0.270 e. The second-order valence-electron chi connectivity index (χ2n) is 5.86. The molecule has 0 bridgehead atoms. The van der Waals surface area contributed by atoms with E-state index in [4.69, 9.17) is 4.74 Å². The third-order valence-corrected chi connectivity index (χ3v) is 6.41. The normalized spacial score (nSPS) is 10.9. The van der Waals surface area contributed by atoms with E-state index in [9.17, 15) is 9.90 Å². The van der Waals surface area contributed by atoms with Gasteiger partial charge in [-0.25, -0.2) is 0 Å². The van der Waals surface area contributed by atoms with Crippen molar-refractivity contribution in [2.45, 2.75) is 16.7 Å². The van der Waals surface area contributed by atoms with E-state index < -0.39 is 0 Å². The molecule has 0 radical (unpaired) electrons. The second-order valence-corrected chi connectivity index (χ2v) is 8.00. The molecule has 0 aliphatic carbocycles. The average Bonchev–Trinajstić information content (AvgIpc) is 3.31. The summed E-state index contributed by atoms with van der Waals surface area (Å²) in [6.45, 7) is 1.96. The van der Waals surface area contributed by atoms with Crippen LogP contribution in [-0.2, 0) is 0 Å². The summed E-state index contributed by atoms with van der Waals surface area (Å²) in [6, 6.07) is 10.8. The lowest BCUT2D eigenvalue weighted by Crippen LogP contribution is -2.12. The van der Waals surface area contributed by atoms with Gasteiger partial charge in [0.05, 0.1) is 7.11 Å². The zero-order chi connectivity index (χ0) is 19.7. The number of hydrogen-bond donors (Lipinski definition) is 3. The van der Waals surface area contributed by atoms with Gasteiger partial charge >= 0.3 is 0 Å². The molecular formula is C18H15N5O3S2. The number of carbonyl (C=O) groups is 1. The molecule has 0 spiro atoms. The van der Waals surface area contributed by atoms with Gasteiger partial charge in [-0.2, -0.15) is 5.21 Å². The quantitative estimate of drug-likeness (QED) is 0.455. The van der Waals surface area contributed by atoms with Gasteiger partial charge in [-0.05, 0) is 54.1 Å². The van der Waals surface area contributed by atoms with Crippen molar-refractivity contribution >= 4 is 45.0 Å². The number of thiophene rings is 1. The molecule has 10 heteroatoms. The first-order chi connectivity index (χ1) is 13.5. The van der Waals surface area contributed by atoms with Gasteiger partial charge in [0.15, 0.2) is 0 Å². The number of H-pyrrole nitrogens is 1. The minimum absolute atomic E-state index is 0.108. The standard InChI is InChI=1S/C18H15N5O3S2/c1-9-7-14-12(8-13(9)26-2)15(27-11-5-3-10(24)4-6-11)16(28-14)17(25)19-18-20-22-23-21-18/h3-8,24H,1-2H3,(H2,19,20,21,22,23,25). The van der Waals surface area contributed by atoms with Gasteiger partial charge in [0.2, 0.25) is 0 Å². The van der Waals surface area contributed by atoms with Crippen LogP contribution in [0.1, 0.15) is 15.2 Å². The molecular weight excluding hydrogens is 398 g/mol. The minimum Gasteiger partial charge on any atom is -0.508 e. The molecule has 0 aliphatic rings. The molecule has 0 saturated heterocycles. The first kappa shape index (κ1) is 18.3. The largest absolute Gasteiger partial charge is 0.508 e. The summed E-state index contributed by atoms with van der Waals surface area (Å²) in [5.41, 5.74) is 0.988. The van der Waals surface area contributed by atoms with E-state index in [1.54, 1.807) is 31.4 Å². The number of nitrogens with zero attached hydrogens (tertiary/aromatic N) is 3. The summed E-state index contributed by atoms with van der Waals surface area (Å²) in [6.07, 6.45) is 0. The maximum atomic E-state index is 12.9. The van der Waals surface area contributed by atoms with Crippen molar-refractivity contribution in [1.29, 1.82) is 0 Å². The Morgan fingerprint density at radius 1 is 1.29 bits per heavy atom. The molecule has 2 aromatic carbocycles. The van der Waals surface area contributed by atoms with E-state index in [1.807, 2.05) is 19.1 Å². The zero-order valence-corrected chi connectivity index (χ0v) is 16.5. The lowest BCUT2D eigenvalue weighted by atomic mass is 10.1. The van der Waals surface area contributed by atoms with Crippen LogP contribution in [0.5, 0.6) is 11.5 Å². The average molecular weight is 413 g/mol. The molecule has 2 aromatic heterocycles. The van der Waals surface area contributed by atoms with E-state index in [2.05, 4.69) is 25.9 Å². The summed E-state index contributed by atoms with van der Waals surface area (Å²) in [4.78, 5) is 15.1. The third-order valence-electron chi connectivity index (χ3n) is 3.99. The maximum Gasteiger partial charge on any atom is 0.270 e. The number of benzene rings is 2. The van der Waals surface area contributed by atoms with Crippen molar-refractivity contribution in [3.8, 4) is 11.5 Å². The predicted molar refractivity (Wildman–Crippen MR) is 107 cm³/mol. The van der Waals surface area contributed by atoms with Gasteiger partial charge in [-0.3, -0.25) is 10.1 Å². The molecule has 3 N–H and O–H groups in total. The number of aryl methyl sites for hydroxylation is 1. The van der Waals surface area contributed by atoms with Gasteiger partial charge in [0.1, 0.15) is 16.4 Å². The first-order valence-electron chi connectivity index (χ1n) is 8.18. The Hall–Kier alpha value is -3.11. The second kappa shape index (κ2) is 7.49.